The number of carbonyl (C=O) groups excluding carboxylic acids is 3. The SMILES string of the molecule is Cc1cccc(C(=O)N2CCN(C(=O)c3ccc(F)cc3Cl)CC2)c1NC(=O)c1ccncc1. The van der Waals surface area contributed by atoms with Gasteiger partial charge in [-0.2, -0.15) is 0 Å². The van der Waals surface area contributed by atoms with Gasteiger partial charge in [-0.15, -0.1) is 0 Å². The Balaban J connectivity index is 1.47. The lowest BCUT2D eigenvalue weighted by Crippen LogP contribution is -2.50. The molecule has 7 nitrogen and oxygen atoms in total. The predicted molar refractivity (Wildman–Crippen MR) is 127 cm³/mol. The number of anilines is 1. The third kappa shape index (κ3) is 4.92. The second-order valence-electron chi connectivity index (χ2n) is 7.90. The number of benzene rings is 2. The number of hydrogen-bond acceptors (Lipinski definition) is 4. The molecule has 2 aromatic carbocycles. The number of nitrogens with zero attached hydrogens (tertiary/aromatic N) is 3. The molecule has 4 rings (SSSR count). The Labute approximate surface area is 201 Å². The van der Waals surface area contributed by atoms with Crippen LogP contribution in [-0.2, 0) is 0 Å². The number of piperazine rings is 1. The van der Waals surface area contributed by atoms with Gasteiger partial charge in [-0.1, -0.05) is 23.7 Å². The normalized spacial score (nSPS) is 13.5. The molecule has 34 heavy (non-hydrogen) atoms. The molecule has 0 unspecified atom stereocenters. The molecular formula is C25H22ClFN4O3. The Morgan fingerprint density at radius 2 is 1.53 bits per heavy atom. The molecule has 0 atom stereocenters. The Morgan fingerprint density at radius 3 is 2.15 bits per heavy atom. The smallest absolute Gasteiger partial charge is 0.256 e. The number of hydrogen-bond donors (Lipinski definition) is 1. The van der Waals surface area contributed by atoms with Gasteiger partial charge in [-0.3, -0.25) is 19.4 Å². The number of amides is 3. The van der Waals surface area contributed by atoms with Gasteiger partial charge in [0, 0.05) is 44.1 Å². The Kier molecular flexibility index (Phi) is 6.88. The van der Waals surface area contributed by atoms with Crippen LogP contribution in [0.3, 0.4) is 0 Å². The molecular weight excluding hydrogens is 459 g/mol. The van der Waals surface area contributed by atoms with Crippen molar-refractivity contribution in [2.45, 2.75) is 6.92 Å². The fourth-order valence-electron chi connectivity index (χ4n) is 3.82. The van der Waals surface area contributed by atoms with Crippen LogP contribution in [0.25, 0.3) is 0 Å². The average molecular weight is 481 g/mol. The van der Waals surface area contributed by atoms with Crippen LogP contribution in [0.5, 0.6) is 0 Å². The van der Waals surface area contributed by atoms with Gasteiger partial charge in [0.05, 0.1) is 21.8 Å². The molecule has 1 aliphatic rings. The van der Waals surface area contributed by atoms with Crippen molar-refractivity contribution < 1.29 is 18.8 Å². The summed E-state index contributed by atoms with van der Waals surface area (Å²) < 4.78 is 13.3. The quantitative estimate of drug-likeness (QED) is 0.611. The van der Waals surface area contributed by atoms with E-state index in [1.807, 2.05) is 13.0 Å². The zero-order valence-electron chi connectivity index (χ0n) is 18.4. The minimum absolute atomic E-state index is 0.0536. The van der Waals surface area contributed by atoms with E-state index in [4.69, 9.17) is 11.6 Å². The van der Waals surface area contributed by atoms with Crippen molar-refractivity contribution in [3.05, 3.63) is 94.0 Å². The maximum atomic E-state index is 13.3. The first-order valence-electron chi connectivity index (χ1n) is 10.7. The Morgan fingerprint density at radius 1 is 0.912 bits per heavy atom. The van der Waals surface area contributed by atoms with Crippen molar-refractivity contribution in [1.82, 2.24) is 14.8 Å². The summed E-state index contributed by atoms with van der Waals surface area (Å²) in [6.07, 6.45) is 3.05. The summed E-state index contributed by atoms with van der Waals surface area (Å²) in [5, 5.41) is 2.90. The van der Waals surface area contributed by atoms with Gasteiger partial charge in [-0.05, 0) is 48.9 Å². The second-order valence-corrected chi connectivity index (χ2v) is 8.30. The number of para-hydroxylation sites is 1. The van der Waals surface area contributed by atoms with E-state index in [1.165, 1.54) is 24.5 Å². The minimum Gasteiger partial charge on any atom is -0.335 e. The standard InChI is InChI=1S/C25H22ClFN4O3/c1-16-3-2-4-20(22(16)29-23(32)17-7-9-28-10-8-17)25(34)31-13-11-30(12-14-31)24(33)19-6-5-18(27)15-21(19)26/h2-10,15H,11-14H2,1H3,(H,29,32). The topological polar surface area (TPSA) is 82.6 Å². The van der Waals surface area contributed by atoms with Gasteiger partial charge in [-0.25, -0.2) is 4.39 Å². The van der Waals surface area contributed by atoms with Gasteiger partial charge < -0.3 is 15.1 Å². The van der Waals surface area contributed by atoms with Crippen molar-refractivity contribution in [1.29, 1.82) is 0 Å². The first-order valence-corrected chi connectivity index (χ1v) is 11.1. The summed E-state index contributed by atoms with van der Waals surface area (Å²) in [5.74, 6) is -1.39. The van der Waals surface area contributed by atoms with E-state index in [0.717, 1.165) is 11.6 Å². The van der Waals surface area contributed by atoms with Gasteiger partial charge >= 0.3 is 0 Å². The number of pyridine rings is 1. The van der Waals surface area contributed by atoms with Crippen molar-refractivity contribution >= 4 is 35.0 Å². The summed E-state index contributed by atoms with van der Waals surface area (Å²) in [4.78, 5) is 45.9. The van der Waals surface area contributed by atoms with Crippen molar-refractivity contribution in [3.8, 4) is 0 Å². The number of aromatic nitrogens is 1. The lowest BCUT2D eigenvalue weighted by molar-refractivity contribution is 0.0536. The first kappa shape index (κ1) is 23.4. The molecule has 1 aromatic heterocycles. The van der Waals surface area contributed by atoms with E-state index in [2.05, 4.69) is 10.3 Å². The number of halogens is 2. The van der Waals surface area contributed by atoms with Gasteiger partial charge in [0.25, 0.3) is 17.7 Å². The summed E-state index contributed by atoms with van der Waals surface area (Å²) in [6.45, 7) is 3.07. The molecule has 1 N–H and O–H groups in total. The molecule has 9 heteroatoms. The molecule has 0 spiro atoms. The molecule has 0 radical (unpaired) electrons. The largest absolute Gasteiger partial charge is 0.335 e. The molecule has 1 fully saturated rings. The number of rotatable bonds is 4. The van der Waals surface area contributed by atoms with Gasteiger partial charge in [0.1, 0.15) is 5.82 Å². The fraction of sp³-hybridized carbons (Fsp3) is 0.200. The predicted octanol–water partition coefficient (Wildman–Crippen LogP) is 4.03. The molecule has 0 aliphatic carbocycles. The van der Waals surface area contributed by atoms with Crippen LogP contribution in [0.4, 0.5) is 10.1 Å². The lowest BCUT2D eigenvalue weighted by Gasteiger charge is -2.35. The summed E-state index contributed by atoms with van der Waals surface area (Å²) >= 11 is 6.03. The highest BCUT2D eigenvalue weighted by Gasteiger charge is 2.28. The molecule has 1 aliphatic heterocycles. The molecule has 2 heterocycles. The van der Waals surface area contributed by atoms with E-state index in [0.29, 0.717) is 43.0 Å². The monoisotopic (exact) mass is 480 g/mol. The van der Waals surface area contributed by atoms with Crippen LogP contribution in [0.2, 0.25) is 5.02 Å². The highest BCUT2D eigenvalue weighted by Crippen LogP contribution is 2.25. The highest BCUT2D eigenvalue weighted by molar-refractivity contribution is 6.33. The molecule has 174 valence electrons. The van der Waals surface area contributed by atoms with Crippen molar-refractivity contribution in [3.63, 3.8) is 0 Å². The maximum absolute atomic E-state index is 13.3. The zero-order valence-corrected chi connectivity index (χ0v) is 19.2. The number of aryl methyl sites for hydroxylation is 1. The van der Waals surface area contributed by atoms with Crippen molar-refractivity contribution in [2.75, 3.05) is 31.5 Å². The van der Waals surface area contributed by atoms with E-state index in [9.17, 15) is 18.8 Å². The summed E-state index contributed by atoms with van der Waals surface area (Å²) in [7, 11) is 0. The van der Waals surface area contributed by atoms with E-state index in [1.54, 1.807) is 34.1 Å². The van der Waals surface area contributed by atoms with Gasteiger partial charge in [0.2, 0.25) is 0 Å². The van der Waals surface area contributed by atoms with E-state index >= 15 is 0 Å². The van der Waals surface area contributed by atoms with Gasteiger partial charge in [0.15, 0.2) is 0 Å². The molecule has 0 saturated carbocycles. The number of carbonyl (C=O) groups is 3. The summed E-state index contributed by atoms with van der Waals surface area (Å²) in [5.41, 5.74) is 2.24. The molecule has 3 amide bonds. The molecule has 0 bridgehead atoms. The van der Waals surface area contributed by atoms with Crippen LogP contribution in [0.15, 0.2) is 60.9 Å². The van der Waals surface area contributed by atoms with Crippen LogP contribution < -0.4 is 5.32 Å². The Bertz CT molecular complexity index is 1240. The third-order valence-corrected chi connectivity index (χ3v) is 6.01. The van der Waals surface area contributed by atoms with E-state index < -0.39 is 5.82 Å². The molecule has 1 saturated heterocycles. The first-order chi connectivity index (χ1) is 16.3. The third-order valence-electron chi connectivity index (χ3n) is 5.70. The van der Waals surface area contributed by atoms with Crippen molar-refractivity contribution in [2.24, 2.45) is 0 Å². The van der Waals surface area contributed by atoms with Crippen LogP contribution in [-0.4, -0.2) is 58.7 Å². The second kappa shape index (κ2) is 10.0. The fourth-order valence-corrected chi connectivity index (χ4v) is 4.07. The van der Waals surface area contributed by atoms with Crippen LogP contribution in [0.1, 0.15) is 36.6 Å². The Hall–Kier alpha value is -3.78. The van der Waals surface area contributed by atoms with Crippen LogP contribution in [0, 0.1) is 12.7 Å². The molecule has 3 aromatic rings. The lowest BCUT2D eigenvalue weighted by atomic mass is 10.1. The zero-order chi connectivity index (χ0) is 24.2. The van der Waals surface area contributed by atoms with E-state index in [-0.39, 0.29) is 28.3 Å². The highest BCUT2D eigenvalue weighted by atomic mass is 35.5. The summed E-state index contributed by atoms with van der Waals surface area (Å²) in [6, 6.07) is 12.1. The van der Waals surface area contributed by atoms with Crippen LogP contribution >= 0.6 is 11.6 Å². The minimum atomic E-state index is -0.512. The maximum Gasteiger partial charge on any atom is 0.256 e. The number of nitrogens with one attached hydrogen (secondary N) is 1. The average Bonchev–Trinajstić information content (AvgIpc) is 2.85.